The maximum atomic E-state index is 10.4. The first-order valence-electron chi connectivity index (χ1n) is 3.42. The van der Waals surface area contributed by atoms with Crippen LogP contribution in [0.3, 0.4) is 0 Å². The minimum absolute atomic E-state index is 0.275. The lowest BCUT2D eigenvalue weighted by atomic mass is 10.4. The summed E-state index contributed by atoms with van der Waals surface area (Å²) in [5, 5.41) is 0. The topological polar surface area (TPSA) is 43.1 Å². The first-order valence-corrected chi connectivity index (χ1v) is 5.74. The van der Waals surface area contributed by atoms with Crippen LogP contribution in [0.1, 0.15) is 0 Å². The molecular formula is C8H9NOS2. The van der Waals surface area contributed by atoms with Crippen LogP contribution >= 0.6 is 21.6 Å². The van der Waals surface area contributed by atoms with Gasteiger partial charge in [0.25, 0.3) is 0 Å². The smallest absolute Gasteiger partial charge is 0.228 e. The van der Waals surface area contributed by atoms with Crippen molar-refractivity contribution in [1.82, 2.24) is 0 Å². The van der Waals surface area contributed by atoms with E-state index in [0.717, 1.165) is 4.90 Å². The molecule has 0 atom stereocenters. The van der Waals surface area contributed by atoms with Gasteiger partial charge in [-0.15, -0.1) is 0 Å². The van der Waals surface area contributed by atoms with E-state index >= 15 is 0 Å². The average molecular weight is 199 g/mol. The molecule has 4 heteroatoms. The Morgan fingerprint density at radius 3 is 2.58 bits per heavy atom. The van der Waals surface area contributed by atoms with Gasteiger partial charge in [-0.25, -0.2) is 0 Å². The van der Waals surface area contributed by atoms with Crippen LogP contribution in [0.15, 0.2) is 35.2 Å². The number of amides is 1. The van der Waals surface area contributed by atoms with Gasteiger partial charge in [-0.1, -0.05) is 39.8 Å². The molecule has 2 nitrogen and oxygen atoms in total. The van der Waals surface area contributed by atoms with Gasteiger partial charge >= 0.3 is 0 Å². The zero-order valence-electron chi connectivity index (χ0n) is 6.40. The van der Waals surface area contributed by atoms with Gasteiger partial charge in [-0.2, -0.15) is 0 Å². The van der Waals surface area contributed by atoms with E-state index in [4.69, 9.17) is 5.73 Å². The zero-order valence-corrected chi connectivity index (χ0v) is 8.03. The molecule has 0 aromatic heterocycles. The fraction of sp³-hybridized carbons (Fsp3) is 0.125. The van der Waals surface area contributed by atoms with Crippen LogP contribution in [0.4, 0.5) is 0 Å². The van der Waals surface area contributed by atoms with Crippen LogP contribution < -0.4 is 5.73 Å². The molecule has 0 saturated carbocycles. The van der Waals surface area contributed by atoms with E-state index in [1.54, 1.807) is 10.8 Å². The van der Waals surface area contributed by atoms with Crippen LogP contribution in [0.2, 0.25) is 0 Å². The van der Waals surface area contributed by atoms with Gasteiger partial charge in [0.05, 0.1) is 5.75 Å². The molecule has 64 valence electrons. The Kier molecular flexibility index (Phi) is 4.04. The normalized spacial score (nSPS) is 9.67. The van der Waals surface area contributed by atoms with Crippen LogP contribution in [-0.4, -0.2) is 11.7 Å². The van der Waals surface area contributed by atoms with Crippen molar-refractivity contribution in [1.29, 1.82) is 0 Å². The van der Waals surface area contributed by atoms with Crippen molar-refractivity contribution >= 4 is 27.5 Å². The van der Waals surface area contributed by atoms with Gasteiger partial charge in [0.2, 0.25) is 5.91 Å². The molecule has 12 heavy (non-hydrogen) atoms. The second-order valence-corrected chi connectivity index (χ2v) is 4.49. The van der Waals surface area contributed by atoms with E-state index in [0.29, 0.717) is 5.75 Å². The quantitative estimate of drug-likeness (QED) is 0.753. The molecule has 0 heterocycles. The van der Waals surface area contributed by atoms with Crippen molar-refractivity contribution in [2.45, 2.75) is 4.90 Å². The van der Waals surface area contributed by atoms with E-state index < -0.39 is 0 Å². The fourth-order valence-electron chi connectivity index (χ4n) is 0.632. The summed E-state index contributed by atoms with van der Waals surface area (Å²) >= 11 is 0. The van der Waals surface area contributed by atoms with Crippen molar-refractivity contribution in [3.05, 3.63) is 30.3 Å². The highest BCUT2D eigenvalue weighted by atomic mass is 33.1. The van der Waals surface area contributed by atoms with Crippen LogP contribution in [0, 0.1) is 0 Å². The monoisotopic (exact) mass is 199 g/mol. The third-order valence-corrected chi connectivity index (χ3v) is 3.37. The van der Waals surface area contributed by atoms with Crippen LogP contribution in [0.5, 0.6) is 0 Å². The van der Waals surface area contributed by atoms with E-state index in [-0.39, 0.29) is 5.91 Å². The number of benzene rings is 1. The molecule has 0 aliphatic heterocycles. The Balaban J connectivity index is 2.29. The van der Waals surface area contributed by atoms with Crippen molar-refractivity contribution in [2.75, 3.05) is 5.75 Å². The highest BCUT2D eigenvalue weighted by Crippen LogP contribution is 2.29. The van der Waals surface area contributed by atoms with E-state index in [9.17, 15) is 4.79 Å². The van der Waals surface area contributed by atoms with Gasteiger partial charge in [-0.3, -0.25) is 4.79 Å². The number of carbonyl (C=O) groups is 1. The number of hydrogen-bond donors (Lipinski definition) is 1. The van der Waals surface area contributed by atoms with Crippen molar-refractivity contribution in [3.8, 4) is 0 Å². The Morgan fingerprint density at radius 1 is 1.33 bits per heavy atom. The second kappa shape index (κ2) is 5.11. The zero-order chi connectivity index (χ0) is 8.81. The third kappa shape index (κ3) is 3.69. The van der Waals surface area contributed by atoms with Crippen molar-refractivity contribution in [3.63, 3.8) is 0 Å². The van der Waals surface area contributed by atoms with E-state index in [1.165, 1.54) is 10.8 Å². The van der Waals surface area contributed by atoms with Gasteiger partial charge < -0.3 is 5.73 Å². The molecule has 0 spiro atoms. The molecule has 0 unspecified atom stereocenters. The predicted octanol–water partition coefficient (Wildman–Crippen LogP) is 1.91. The summed E-state index contributed by atoms with van der Waals surface area (Å²) in [4.78, 5) is 11.5. The van der Waals surface area contributed by atoms with Gasteiger partial charge in [0.15, 0.2) is 0 Å². The molecule has 1 amide bonds. The molecule has 0 bridgehead atoms. The Morgan fingerprint density at radius 2 is 2.00 bits per heavy atom. The molecule has 0 saturated heterocycles. The molecule has 0 aliphatic rings. The summed E-state index contributed by atoms with van der Waals surface area (Å²) in [5.74, 6) is 0.0861. The minimum Gasteiger partial charge on any atom is -0.369 e. The van der Waals surface area contributed by atoms with E-state index in [2.05, 4.69) is 0 Å². The number of primary amides is 1. The highest BCUT2D eigenvalue weighted by Gasteiger charge is 1.96. The molecule has 0 fully saturated rings. The fourth-order valence-corrected chi connectivity index (χ4v) is 2.48. The Labute approximate surface area is 79.3 Å². The van der Waals surface area contributed by atoms with Gasteiger partial charge in [0.1, 0.15) is 0 Å². The average Bonchev–Trinajstić information content (AvgIpc) is 2.05. The first kappa shape index (κ1) is 9.48. The van der Waals surface area contributed by atoms with E-state index in [1.807, 2.05) is 30.3 Å². The van der Waals surface area contributed by atoms with Gasteiger partial charge in [-0.05, 0) is 12.1 Å². The molecular weight excluding hydrogens is 190 g/mol. The lowest BCUT2D eigenvalue weighted by Gasteiger charge is -1.96. The maximum absolute atomic E-state index is 10.4. The van der Waals surface area contributed by atoms with Crippen LogP contribution in [0.25, 0.3) is 0 Å². The molecule has 1 aromatic rings. The molecule has 2 N–H and O–H groups in total. The highest BCUT2D eigenvalue weighted by molar-refractivity contribution is 8.76. The summed E-state index contributed by atoms with van der Waals surface area (Å²) in [6.45, 7) is 0. The Hall–Kier alpha value is -0.610. The maximum Gasteiger partial charge on any atom is 0.228 e. The molecule has 1 rings (SSSR count). The minimum atomic E-state index is -0.275. The lowest BCUT2D eigenvalue weighted by molar-refractivity contribution is -0.115. The summed E-state index contributed by atoms with van der Waals surface area (Å²) < 4.78 is 0. The number of nitrogens with two attached hydrogens (primary N) is 1. The standard InChI is InChI=1S/C8H9NOS2/c9-8(10)6-11-12-7-4-2-1-3-5-7/h1-5H,6H2,(H2,9,10). The first-order chi connectivity index (χ1) is 5.79. The third-order valence-electron chi connectivity index (χ3n) is 1.10. The SMILES string of the molecule is NC(=O)CSSc1ccccc1. The number of rotatable bonds is 4. The van der Waals surface area contributed by atoms with Crippen molar-refractivity contribution < 1.29 is 4.79 Å². The lowest BCUT2D eigenvalue weighted by Crippen LogP contribution is -2.12. The molecule has 0 radical (unpaired) electrons. The summed E-state index contributed by atoms with van der Waals surface area (Å²) in [7, 11) is 3.02. The summed E-state index contributed by atoms with van der Waals surface area (Å²) in [6, 6.07) is 9.89. The predicted molar refractivity (Wildman–Crippen MR) is 54.0 cm³/mol. The summed E-state index contributed by atoms with van der Waals surface area (Å²) in [6.07, 6.45) is 0. The number of hydrogen-bond acceptors (Lipinski definition) is 3. The Bertz CT molecular complexity index is 250. The van der Waals surface area contributed by atoms with Crippen LogP contribution in [-0.2, 0) is 4.79 Å². The molecule has 0 aliphatic carbocycles. The largest absolute Gasteiger partial charge is 0.369 e. The number of carbonyl (C=O) groups excluding carboxylic acids is 1. The summed E-state index contributed by atoms with van der Waals surface area (Å²) in [5.41, 5.74) is 4.98. The molecule has 1 aromatic carbocycles. The van der Waals surface area contributed by atoms with Gasteiger partial charge in [0, 0.05) is 4.90 Å². The van der Waals surface area contributed by atoms with Crippen molar-refractivity contribution in [2.24, 2.45) is 5.73 Å². The second-order valence-electron chi connectivity index (χ2n) is 2.12.